The van der Waals surface area contributed by atoms with Gasteiger partial charge in [0.15, 0.2) is 0 Å². The molecule has 0 spiro atoms. The summed E-state index contributed by atoms with van der Waals surface area (Å²) in [7, 11) is -2.59. The molecule has 0 fully saturated rings. The Kier molecular flexibility index (Phi) is 12.6. The van der Waals surface area contributed by atoms with Gasteiger partial charge in [-0.05, 0) is 41.5 Å². The number of hydrogen-bond acceptors (Lipinski definition) is 0. The predicted octanol–water partition coefficient (Wildman–Crippen LogP) is 7.22. The molecular formula is C36H48SiTi. The van der Waals surface area contributed by atoms with E-state index in [2.05, 4.69) is 124 Å². The third-order valence-electron chi connectivity index (χ3n) is 7.78. The number of rotatable bonds is 4. The van der Waals surface area contributed by atoms with Gasteiger partial charge in [0.25, 0.3) is 0 Å². The van der Waals surface area contributed by atoms with Crippen molar-refractivity contribution in [3.05, 3.63) is 133 Å². The van der Waals surface area contributed by atoms with Crippen molar-refractivity contribution in [1.29, 1.82) is 0 Å². The molecule has 2 heteroatoms. The Hall–Kier alpha value is -2.06. The maximum Gasteiger partial charge on any atom is 4.00 e. The van der Waals surface area contributed by atoms with E-state index >= 15 is 0 Å². The quantitative estimate of drug-likeness (QED) is 0.142. The molecule has 0 nitrogen and oxygen atoms in total. The molecule has 0 saturated heterocycles. The molecule has 4 rings (SSSR count). The second-order valence-electron chi connectivity index (χ2n) is 10.8. The van der Waals surface area contributed by atoms with Crippen LogP contribution in [-0.4, -0.2) is 8.07 Å². The van der Waals surface area contributed by atoms with Gasteiger partial charge >= 0.3 is 21.7 Å². The molecule has 4 aromatic rings. The smallest absolute Gasteiger partial charge is 0.358 e. The van der Waals surface area contributed by atoms with Crippen molar-refractivity contribution in [3.8, 4) is 0 Å². The Balaban J connectivity index is 0.00000342. The van der Waals surface area contributed by atoms with Crippen molar-refractivity contribution in [2.45, 2.75) is 69.2 Å². The second kappa shape index (κ2) is 13.3. The normalized spacial score (nSPS) is 10.6. The first-order chi connectivity index (χ1) is 15.9. The Morgan fingerprint density at radius 3 is 0.816 bits per heavy atom. The zero-order valence-electron chi connectivity index (χ0n) is 26.2. The largest absolute Gasteiger partial charge is 4.00 e. The van der Waals surface area contributed by atoms with E-state index in [-0.39, 0.29) is 44.0 Å². The maximum absolute atomic E-state index is 2.59. The van der Waals surface area contributed by atoms with Crippen LogP contribution >= 0.6 is 0 Å². The van der Waals surface area contributed by atoms with E-state index < -0.39 is 8.07 Å². The molecule has 0 N–H and O–H groups in total. The van der Waals surface area contributed by atoms with Crippen molar-refractivity contribution < 1.29 is 21.7 Å². The molecule has 0 bridgehead atoms. The molecular weight excluding hydrogens is 508 g/mol. The summed E-state index contributed by atoms with van der Waals surface area (Å²) in [6.45, 7) is 22.8. The topological polar surface area (TPSA) is 0 Å². The predicted molar refractivity (Wildman–Crippen MR) is 172 cm³/mol. The first kappa shape index (κ1) is 35.9. The van der Waals surface area contributed by atoms with Crippen molar-refractivity contribution in [2.75, 3.05) is 0 Å². The minimum atomic E-state index is -2.59. The van der Waals surface area contributed by atoms with E-state index in [9.17, 15) is 0 Å². The van der Waals surface area contributed by atoms with Crippen LogP contribution in [0, 0.1) is 91.5 Å². The van der Waals surface area contributed by atoms with Crippen LogP contribution in [0.2, 0.25) is 0 Å². The van der Waals surface area contributed by atoms with Crippen LogP contribution in [0.5, 0.6) is 0 Å². The third kappa shape index (κ3) is 6.06. The molecule has 0 amide bonds. The van der Waals surface area contributed by atoms with Gasteiger partial charge in [-0.1, -0.05) is 131 Å². The van der Waals surface area contributed by atoms with E-state index in [4.69, 9.17) is 0 Å². The third-order valence-corrected chi connectivity index (χ3v) is 12.7. The van der Waals surface area contributed by atoms with Crippen LogP contribution in [-0.2, 0) is 21.7 Å². The Bertz CT molecular complexity index is 1190. The standard InChI is InChI=1S/C33H39Si.3CH3.Ti/c1-20-11-21(2)15-30(14-20)34(31-16-22(3)12-23(4)17-31,32-18-24(5)13-25(6)19-32)33-28(9)26(7)27(8)29(33)10;;;;/h11-19H,1-10H3;3*1H3;/q4*-1;+4. The zero-order chi connectivity index (χ0) is 24.9. The first-order valence-corrected chi connectivity index (χ1v) is 14.4. The van der Waals surface area contributed by atoms with E-state index in [0.717, 1.165) is 0 Å². The van der Waals surface area contributed by atoms with Gasteiger partial charge in [-0.25, -0.2) is 0 Å². The summed E-state index contributed by atoms with van der Waals surface area (Å²) in [5, 5.41) is 6.08. The Labute approximate surface area is 251 Å². The van der Waals surface area contributed by atoms with Gasteiger partial charge in [-0.2, -0.15) is 22.3 Å². The summed E-state index contributed by atoms with van der Waals surface area (Å²) in [4.78, 5) is 0. The summed E-state index contributed by atoms with van der Waals surface area (Å²) in [5.74, 6) is 0. The van der Waals surface area contributed by atoms with E-state index in [1.807, 2.05) is 0 Å². The van der Waals surface area contributed by atoms with Crippen LogP contribution < -0.4 is 20.7 Å². The fraction of sp³-hybridized carbons (Fsp3) is 0.278. The number of benzene rings is 3. The van der Waals surface area contributed by atoms with Crippen molar-refractivity contribution >= 4 is 28.8 Å². The van der Waals surface area contributed by atoms with Gasteiger partial charge in [-0.15, -0.1) is 5.19 Å². The summed E-state index contributed by atoms with van der Waals surface area (Å²) in [6, 6.07) is 21.8. The second-order valence-corrected chi connectivity index (χ2v) is 14.5. The fourth-order valence-corrected chi connectivity index (χ4v) is 12.3. The van der Waals surface area contributed by atoms with Gasteiger partial charge in [0, 0.05) is 0 Å². The minimum absolute atomic E-state index is 0. The molecule has 38 heavy (non-hydrogen) atoms. The molecule has 0 heterocycles. The van der Waals surface area contributed by atoms with Gasteiger partial charge in [0.2, 0.25) is 0 Å². The van der Waals surface area contributed by atoms with Gasteiger partial charge in [0.05, 0.1) is 0 Å². The molecule has 0 aliphatic carbocycles. The Morgan fingerprint density at radius 2 is 0.605 bits per heavy atom. The first-order valence-electron chi connectivity index (χ1n) is 12.4. The molecule has 0 unspecified atom stereocenters. The molecule has 200 valence electrons. The van der Waals surface area contributed by atoms with Crippen molar-refractivity contribution in [3.63, 3.8) is 0 Å². The maximum atomic E-state index is 2.48. The van der Waals surface area contributed by atoms with E-state index in [1.54, 1.807) is 5.19 Å². The van der Waals surface area contributed by atoms with Gasteiger partial charge in [-0.3, -0.25) is 0 Å². The van der Waals surface area contributed by atoms with Crippen LogP contribution in [0.4, 0.5) is 0 Å². The van der Waals surface area contributed by atoms with E-state index in [0.29, 0.717) is 0 Å². The van der Waals surface area contributed by atoms with Crippen LogP contribution in [0.25, 0.3) is 0 Å². The van der Waals surface area contributed by atoms with Crippen LogP contribution in [0.1, 0.15) is 55.6 Å². The summed E-state index contributed by atoms with van der Waals surface area (Å²) < 4.78 is 0. The molecule has 0 aromatic heterocycles. The Morgan fingerprint density at radius 1 is 0.395 bits per heavy atom. The number of hydrogen-bond donors (Lipinski definition) is 0. The minimum Gasteiger partial charge on any atom is -0.358 e. The van der Waals surface area contributed by atoms with Crippen molar-refractivity contribution in [2.24, 2.45) is 0 Å². The van der Waals surface area contributed by atoms with E-state index in [1.165, 1.54) is 71.2 Å². The van der Waals surface area contributed by atoms with Crippen LogP contribution in [0.15, 0.2) is 54.6 Å². The molecule has 0 atom stereocenters. The molecule has 0 aliphatic rings. The van der Waals surface area contributed by atoms with Gasteiger partial charge < -0.3 is 22.3 Å². The average molecular weight is 557 g/mol. The monoisotopic (exact) mass is 556 g/mol. The zero-order valence-corrected chi connectivity index (χ0v) is 28.8. The summed E-state index contributed by atoms with van der Waals surface area (Å²) in [5.41, 5.74) is 13.9. The number of aryl methyl sites for hydroxylation is 6. The summed E-state index contributed by atoms with van der Waals surface area (Å²) >= 11 is 0. The average Bonchev–Trinajstić information content (AvgIpc) is 2.91. The summed E-state index contributed by atoms with van der Waals surface area (Å²) in [6.07, 6.45) is 0. The van der Waals surface area contributed by atoms with Gasteiger partial charge in [0.1, 0.15) is 8.07 Å². The molecule has 0 saturated carbocycles. The SMILES string of the molecule is Cc1cc(C)cc([Si](c2cc(C)cc(C)c2)(c2cc(C)cc(C)c2)[c-]2c(C)c(C)c(C)c2C)c1.[CH3-].[CH3-].[CH3-].[Ti+4]. The molecule has 0 radical (unpaired) electrons. The van der Waals surface area contributed by atoms with Crippen LogP contribution in [0.3, 0.4) is 0 Å². The molecule has 4 aromatic carbocycles. The van der Waals surface area contributed by atoms with Crippen molar-refractivity contribution in [1.82, 2.24) is 0 Å². The fourth-order valence-electron chi connectivity index (χ4n) is 6.29. The molecule has 0 aliphatic heterocycles.